The minimum atomic E-state index is 0.715. The number of nitrogens with one attached hydrogen (secondary N) is 1. The molecule has 0 aliphatic carbocycles. The van der Waals surface area contributed by atoms with Gasteiger partial charge in [-0.05, 0) is 22.2 Å². The van der Waals surface area contributed by atoms with Gasteiger partial charge in [0.05, 0.1) is 39.3 Å². The highest BCUT2D eigenvalue weighted by atomic mass is 16.5. The Morgan fingerprint density at radius 3 is 1.97 bits per heavy atom. The number of hydrogen-bond acceptors (Lipinski definition) is 4. The molecule has 0 radical (unpaired) electrons. The van der Waals surface area contributed by atoms with E-state index >= 15 is 0 Å². The van der Waals surface area contributed by atoms with Gasteiger partial charge in [-0.3, -0.25) is 0 Å². The Kier molecular flexibility index (Phi) is 3.91. The van der Waals surface area contributed by atoms with Crippen LogP contribution in [0.25, 0.3) is 43.2 Å². The number of H-pyrrole nitrogens is 1. The fourth-order valence-corrected chi connectivity index (χ4v) is 4.39. The van der Waals surface area contributed by atoms with Crippen LogP contribution in [-0.2, 0) is 0 Å². The van der Waals surface area contributed by atoms with E-state index in [9.17, 15) is 0 Å². The predicted molar refractivity (Wildman–Crippen MR) is 117 cm³/mol. The average molecular weight is 387 g/mol. The number of aromatic amines is 1. The zero-order valence-electron chi connectivity index (χ0n) is 16.8. The summed E-state index contributed by atoms with van der Waals surface area (Å²) in [7, 11) is 6.69. The summed E-state index contributed by atoms with van der Waals surface area (Å²) in [6.07, 6.45) is 1.86. The highest BCUT2D eigenvalue weighted by Gasteiger charge is 2.21. The summed E-state index contributed by atoms with van der Waals surface area (Å²) in [4.78, 5) is 3.35. The maximum atomic E-state index is 5.88. The molecule has 0 fully saturated rings. The van der Waals surface area contributed by atoms with Crippen LogP contribution in [0.1, 0.15) is 0 Å². The molecule has 0 spiro atoms. The van der Waals surface area contributed by atoms with Gasteiger partial charge in [-0.15, -0.1) is 0 Å². The van der Waals surface area contributed by atoms with E-state index in [0.717, 1.165) is 60.5 Å². The van der Waals surface area contributed by atoms with Gasteiger partial charge in [0.1, 0.15) is 11.5 Å². The molecule has 0 amide bonds. The third-order valence-electron chi connectivity index (χ3n) is 5.62. The van der Waals surface area contributed by atoms with E-state index < -0.39 is 0 Å². The number of ether oxygens (including phenoxy) is 4. The van der Waals surface area contributed by atoms with Gasteiger partial charge in [0, 0.05) is 22.4 Å². The van der Waals surface area contributed by atoms with E-state index in [1.165, 1.54) is 0 Å². The van der Waals surface area contributed by atoms with Crippen molar-refractivity contribution in [3.63, 3.8) is 0 Å². The lowest BCUT2D eigenvalue weighted by Crippen LogP contribution is -1.95. The Morgan fingerprint density at radius 1 is 0.586 bits per heavy atom. The molecule has 1 heterocycles. The highest BCUT2D eigenvalue weighted by Crippen LogP contribution is 2.48. The molecule has 146 valence electrons. The quantitative estimate of drug-likeness (QED) is 0.404. The van der Waals surface area contributed by atoms with E-state index in [1.807, 2.05) is 24.4 Å². The first-order chi connectivity index (χ1) is 14.2. The van der Waals surface area contributed by atoms with Crippen LogP contribution in [0.4, 0.5) is 0 Å². The van der Waals surface area contributed by atoms with Crippen LogP contribution < -0.4 is 18.9 Å². The standard InChI is InChI=1S/C24H21NO4/c1-26-18-11-17-15(22-21(18)19(27-2)12-25-22)10-9-14-13-7-5-6-8-16(13)23(28-3)24(29-4)20(14)17/h5-12,25H,1-4H3. The minimum absolute atomic E-state index is 0.715. The largest absolute Gasteiger partial charge is 0.496 e. The monoisotopic (exact) mass is 387 g/mol. The number of fused-ring (bicyclic) bond motifs is 7. The zero-order chi connectivity index (χ0) is 20.1. The van der Waals surface area contributed by atoms with E-state index in [4.69, 9.17) is 18.9 Å². The minimum Gasteiger partial charge on any atom is -0.496 e. The van der Waals surface area contributed by atoms with Gasteiger partial charge in [0.15, 0.2) is 11.5 Å². The van der Waals surface area contributed by atoms with Crippen LogP contribution in [0, 0.1) is 0 Å². The normalized spacial score (nSPS) is 11.4. The third-order valence-corrected chi connectivity index (χ3v) is 5.62. The number of benzene rings is 4. The highest BCUT2D eigenvalue weighted by molar-refractivity contribution is 6.26. The summed E-state index contributed by atoms with van der Waals surface area (Å²) in [5.41, 5.74) is 0.965. The molecule has 5 rings (SSSR count). The van der Waals surface area contributed by atoms with Crippen LogP contribution in [0.5, 0.6) is 23.0 Å². The molecule has 1 N–H and O–H groups in total. The lowest BCUT2D eigenvalue weighted by molar-refractivity contribution is 0.362. The van der Waals surface area contributed by atoms with Crippen LogP contribution >= 0.6 is 0 Å². The summed E-state index contributed by atoms with van der Waals surface area (Å²) in [6.45, 7) is 0. The van der Waals surface area contributed by atoms with Crippen molar-refractivity contribution in [2.45, 2.75) is 0 Å². The first-order valence-electron chi connectivity index (χ1n) is 9.34. The molecular formula is C24H21NO4. The van der Waals surface area contributed by atoms with Gasteiger partial charge < -0.3 is 23.9 Å². The topological polar surface area (TPSA) is 52.7 Å². The molecule has 5 nitrogen and oxygen atoms in total. The smallest absolute Gasteiger partial charge is 0.169 e. The summed E-state index contributed by atoms with van der Waals surface area (Å²) in [6, 6.07) is 14.5. The average Bonchev–Trinajstić information content (AvgIpc) is 3.21. The first kappa shape index (κ1) is 17.5. The molecule has 0 bridgehead atoms. The number of aromatic nitrogens is 1. The molecule has 5 aromatic rings. The second kappa shape index (κ2) is 6.48. The van der Waals surface area contributed by atoms with Gasteiger partial charge in [0.25, 0.3) is 0 Å². The van der Waals surface area contributed by atoms with Crippen molar-refractivity contribution in [2.75, 3.05) is 28.4 Å². The lowest BCUT2D eigenvalue weighted by Gasteiger charge is -2.17. The Bertz CT molecular complexity index is 1400. The van der Waals surface area contributed by atoms with Crippen LogP contribution in [0.3, 0.4) is 0 Å². The van der Waals surface area contributed by atoms with E-state index in [2.05, 4.69) is 29.2 Å². The zero-order valence-corrected chi connectivity index (χ0v) is 16.8. The third kappa shape index (κ3) is 2.27. The Hall–Kier alpha value is -3.60. The van der Waals surface area contributed by atoms with E-state index in [-0.39, 0.29) is 0 Å². The van der Waals surface area contributed by atoms with Crippen molar-refractivity contribution < 1.29 is 18.9 Å². The molecule has 0 unspecified atom stereocenters. The Morgan fingerprint density at radius 2 is 1.28 bits per heavy atom. The molecule has 0 saturated carbocycles. The van der Waals surface area contributed by atoms with Gasteiger partial charge >= 0.3 is 0 Å². The van der Waals surface area contributed by atoms with E-state index in [0.29, 0.717) is 5.75 Å². The molecular weight excluding hydrogens is 366 g/mol. The first-order valence-corrected chi connectivity index (χ1v) is 9.34. The fourth-order valence-electron chi connectivity index (χ4n) is 4.39. The van der Waals surface area contributed by atoms with Crippen molar-refractivity contribution in [1.82, 2.24) is 4.98 Å². The van der Waals surface area contributed by atoms with E-state index in [1.54, 1.807) is 28.4 Å². The second-order valence-corrected chi connectivity index (χ2v) is 6.88. The molecule has 0 saturated heterocycles. The Balaban J connectivity index is 2.08. The van der Waals surface area contributed by atoms with Gasteiger partial charge in [-0.2, -0.15) is 0 Å². The SMILES string of the molecule is COc1c(OC)c2c(ccc3c2cc(OC)c2c(OC)c[nH]c23)c2ccccc12. The summed E-state index contributed by atoms with van der Waals surface area (Å²) in [5.74, 6) is 2.94. The van der Waals surface area contributed by atoms with Gasteiger partial charge in [0.2, 0.25) is 0 Å². The van der Waals surface area contributed by atoms with Crippen LogP contribution in [0.15, 0.2) is 48.7 Å². The summed E-state index contributed by atoms with van der Waals surface area (Å²) < 4.78 is 22.9. The maximum Gasteiger partial charge on any atom is 0.169 e. The fraction of sp³-hybridized carbons (Fsp3) is 0.167. The molecule has 1 aromatic heterocycles. The lowest BCUT2D eigenvalue weighted by atomic mass is 9.94. The van der Waals surface area contributed by atoms with Gasteiger partial charge in [-0.1, -0.05) is 36.4 Å². The maximum absolute atomic E-state index is 5.88. The van der Waals surface area contributed by atoms with Crippen molar-refractivity contribution in [1.29, 1.82) is 0 Å². The number of methoxy groups -OCH3 is 4. The van der Waals surface area contributed by atoms with Crippen LogP contribution in [0.2, 0.25) is 0 Å². The molecule has 4 aromatic carbocycles. The number of rotatable bonds is 4. The van der Waals surface area contributed by atoms with Crippen molar-refractivity contribution in [2.24, 2.45) is 0 Å². The second-order valence-electron chi connectivity index (χ2n) is 6.88. The van der Waals surface area contributed by atoms with Crippen molar-refractivity contribution >= 4 is 43.2 Å². The van der Waals surface area contributed by atoms with Crippen LogP contribution in [-0.4, -0.2) is 33.4 Å². The van der Waals surface area contributed by atoms with Crippen molar-refractivity contribution in [3.8, 4) is 23.0 Å². The van der Waals surface area contributed by atoms with Crippen molar-refractivity contribution in [3.05, 3.63) is 48.7 Å². The molecule has 0 aliphatic rings. The molecule has 5 heteroatoms. The summed E-state index contributed by atoms with van der Waals surface area (Å²) >= 11 is 0. The molecule has 0 atom stereocenters. The number of hydrogen-bond donors (Lipinski definition) is 1. The van der Waals surface area contributed by atoms with Gasteiger partial charge in [-0.25, -0.2) is 0 Å². The predicted octanol–water partition coefficient (Wildman–Crippen LogP) is 5.66. The molecule has 29 heavy (non-hydrogen) atoms. The molecule has 0 aliphatic heterocycles. The summed E-state index contributed by atoms with van der Waals surface area (Å²) in [5, 5.41) is 7.25. The Labute approximate surface area is 167 Å².